The van der Waals surface area contributed by atoms with Crippen molar-refractivity contribution in [3.05, 3.63) is 192 Å². The van der Waals surface area contributed by atoms with Gasteiger partial charge in [0.1, 0.15) is 11.6 Å². The summed E-state index contributed by atoms with van der Waals surface area (Å²) in [6, 6.07) is 53.5. The predicted octanol–water partition coefficient (Wildman–Crippen LogP) is 15.6. The van der Waals surface area contributed by atoms with Crippen LogP contribution in [0.25, 0.3) is 83.9 Å². The number of pyridine rings is 1. The molecule has 7 aromatic carbocycles. The van der Waals surface area contributed by atoms with Gasteiger partial charge in [0, 0.05) is 27.0 Å². The molecule has 312 valence electrons. The summed E-state index contributed by atoms with van der Waals surface area (Å²) in [6.45, 7) is 14.6. The van der Waals surface area contributed by atoms with Gasteiger partial charge in [-0.25, -0.2) is 4.98 Å². The second-order valence-electron chi connectivity index (χ2n) is 18.9. The van der Waals surface area contributed by atoms with Gasteiger partial charge in [-0.3, -0.25) is 9.55 Å². The number of hydrogen-bond donors (Lipinski definition) is 1. The Morgan fingerprint density at radius 3 is 1.86 bits per heavy atom. The van der Waals surface area contributed by atoms with Gasteiger partial charge in [-0.2, -0.15) is 0 Å². The van der Waals surface area contributed by atoms with E-state index >= 15 is 0 Å². The molecule has 0 aliphatic heterocycles. The summed E-state index contributed by atoms with van der Waals surface area (Å²) in [5.74, 6) is 0.620. The van der Waals surface area contributed by atoms with Crippen LogP contribution in [0.2, 0.25) is 0 Å². The van der Waals surface area contributed by atoms with Crippen molar-refractivity contribution in [3.63, 3.8) is 0 Å². The molecule has 2 aromatic heterocycles. The van der Waals surface area contributed by atoms with E-state index in [0.717, 1.165) is 78.0 Å². The minimum absolute atomic E-state index is 0.0676. The minimum Gasteiger partial charge on any atom is -0.507 e. The Labute approximate surface area is 376 Å². The number of phenolic OH excluding ortho intramolecular Hbond substituents is 1. The Hall–Kier alpha value is -7.04. The molecule has 0 amide bonds. The molecule has 4 heteroatoms. The van der Waals surface area contributed by atoms with Crippen LogP contribution in [0.1, 0.15) is 73.5 Å². The highest BCUT2D eigenvalue weighted by atomic mass is 16.3. The molecule has 63 heavy (non-hydrogen) atoms. The lowest BCUT2D eigenvalue weighted by Gasteiger charge is -2.22. The van der Waals surface area contributed by atoms with E-state index in [1.54, 1.807) is 0 Å². The third-order valence-electron chi connectivity index (χ3n) is 12.2. The summed E-state index contributed by atoms with van der Waals surface area (Å²) < 4.78 is 29.1. The molecule has 0 saturated carbocycles. The topological polar surface area (TPSA) is 50.9 Å². The standard InChI is InChI=1S/C59H55N3O/c1-37-29-39(3)56(63)51(30-37)57-61-55-48(44-32-45(34-47(33-44)59(7,8)9)52-35-43(27-28-60-52)40-17-12-10-13-18-40)21-16-22-53(55)62(57)54-31-38(2)49(36-50(54)41-19-14-11-15-20-41)42-23-25-46(26-24-42)58(4,5)6/h10-36,63H,1-9H3/i2D3. The monoisotopic (exact) mass is 824 g/mol. The maximum Gasteiger partial charge on any atom is 0.149 e. The third kappa shape index (κ3) is 7.98. The van der Waals surface area contributed by atoms with E-state index in [2.05, 4.69) is 113 Å². The lowest BCUT2D eigenvalue weighted by molar-refractivity contribution is 0.472. The summed E-state index contributed by atoms with van der Waals surface area (Å²) in [6.07, 6.45) is 1.87. The molecule has 0 aliphatic rings. The van der Waals surface area contributed by atoms with Crippen LogP contribution < -0.4 is 0 Å². The normalized spacial score (nSPS) is 12.9. The van der Waals surface area contributed by atoms with Gasteiger partial charge < -0.3 is 5.11 Å². The number of nitrogens with zero attached hydrogens (tertiary/aromatic N) is 3. The fourth-order valence-corrected chi connectivity index (χ4v) is 8.66. The van der Waals surface area contributed by atoms with Gasteiger partial charge in [-0.15, -0.1) is 0 Å². The molecule has 0 atom stereocenters. The van der Waals surface area contributed by atoms with Crippen molar-refractivity contribution < 1.29 is 9.22 Å². The molecule has 0 saturated heterocycles. The van der Waals surface area contributed by atoms with E-state index in [1.807, 2.05) is 111 Å². The van der Waals surface area contributed by atoms with Gasteiger partial charge in [0.15, 0.2) is 0 Å². The van der Waals surface area contributed by atoms with Crippen LogP contribution in [0.3, 0.4) is 0 Å². The molecule has 0 radical (unpaired) electrons. The Morgan fingerprint density at radius 1 is 0.508 bits per heavy atom. The molecule has 9 rings (SSSR count). The van der Waals surface area contributed by atoms with Crippen LogP contribution in [0, 0.1) is 20.7 Å². The zero-order valence-corrected chi connectivity index (χ0v) is 37.4. The van der Waals surface area contributed by atoms with Crippen LogP contribution >= 0.6 is 0 Å². The van der Waals surface area contributed by atoms with Crippen molar-refractivity contribution in [1.29, 1.82) is 0 Å². The van der Waals surface area contributed by atoms with Gasteiger partial charge in [-0.1, -0.05) is 151 Å². The van der Waals surface area contributed by atoms with E-state index in [0.29, 0.717) is 28.2 Å². The highest BCUT2D eigenvalue weighted by molar-refractivity contribution is 5.98. The van der Waals surface area contributed by atoms with Crippen LogP contribution in [-0.4, -0.2) is 19.6 Å². The van der Waals surface area contributed by atoms with Crippen molar-refractivity contribution in [3.8, 4) is 78.6 Å². The van der Waals surface area contributed by atoms with Crippen molar-refractivity contribution >= 4 is 11.0 Å². The minimum atomic E-state index is -2.47. The number of rotatable bonds is 7. The van der Waals surface area contributed by atoms with Crippen LogP contribution in [0.5, 0.6) is 5.75 Å². The smallest absolute Gasteiger partial charge is 0.149 e. The number of aryl methyl sites for hydroxylation is 3. The molecular weight excluding hydrogens is 767 g/mol. The average molecular weight is 825 g/mol. The molecule has 9 aromatic rings. The average Bonchev–Trinajstić information content (AvgIpc) is 3.69. The SMILES string of the molecule is [2H]C([2H])([2H])c1cc(-n2c(-c3cc(C)cc(C)c3O)nc3c(-c4cc(-c5cc(-c6ccccc6)ccn5)cc(C(C)(C)C)c4)cccc32)c(-c2ccccc2)cc1-c1ccc(C(C)(C)C)cc1. The summed E-state index contributed by atoms with van der Waals surface area (Å²) in [5, 5.41) is 11.9. The van der Waals surface area contributed by atoms with Crippen molar-refractivity contribution in [1.82, 2.24) is 14.5 Å². The molecule has 0 fully saturated rings. The molecule has 2 heterocycles. The summed E-state index contributed by atoms with van der Waals surface area (Å²) in [7, 11) is 0. The Balaban J connectivity index is 1.35. The van der Waals surface area contributed by atoms with Crippen molar-refractivity contribution in [2.75, 3.05) is 0 Å². The van der Waals surface area contributed by atoms with E-state index in [9.17, 15) is 5.11 Å². The van der Waals surface area contributed by atoms with Gasteiger partial charge >= 0.3 is 0 Å². The molecule has 4 nitrogen and oxygen atoms in total. The lowest BCUT2D eigenvalue weighted by atomic mass is 9.83. The fraction of sp³-hybridized carbons (Fsp3) is 0.186. The number of aromatic nitrogens is 3. The molecule has 0 bridgehead atoms. The van der Waals surface area contributed by atoms with Crippen LogP contribution in [0.15, 0.2) is 164 Å². The molecule has 1 N–H and O–H groups in total. The first-order valence-electron chi connectivity index (χ1n) is 23.2. The lowest BCUT2D eigenvalue weighted by Crippen LogP contribution is -2.11. The Kier molecular flexibility index (Phi) is 9.58. The van der Waals surface area contributed by atoms with Gasteiger partial charge in [0.2, 0.25) is 0 Å². The van der Waals surface area contributed by atoms with E-state index < -0.39 is 6.85 Å². The largest absolute Gasteiger partial charge is 0.507 e. The van der Waals surface area contributed by atoms with Crippen LogP contribution in [-0.2, 0) is 10.8 Å². The van der Waals surface area contributed by atoms with Crippen molar-refractivity contribution in [2.24, 2.45) is 0 Å². The molecule has 0 aliphatic carbocycles. The Bertz CT molecular complexity index is 3260. The first-order valence-corrected chi connectivity index (χ1v) is 21.7. The first-order chi connectivity index (χ1) is 31.3. The predicted molar refractivity (Wildman–Crippen MR) is 265 cm³/mol. The quantitative estimate of drug-likeness (QED) is 0.174. The van der Waals surface area contributed by atoms with E-state index in [-0.39, 0.29) is 22.1 Å². The number of fused-ring (bicyclic) bond motifs is 1. The highest BCUT2D eigenvalue weighted by Crippen LogP contribution is 2.44. The second kappa shape index (κ2) is 16.0. The number of imidazole rings is 1. The highest BCUT2D eigenvalue weighted by Gasteiger charge is 2.25. The van der Waals surface area contributed by atoms with Gasteiger partial charge in [0.25, 0.3) is 0 Å². The summed E-state index contributed by atoms with van der Waals surface area (Å²) >= 11 is 0. The zero-order valence-electron chi connectivity index (χ0n) is 40.4. The number of aromatic hydroxyl groups is 1. The first kappa shape index (κ1) is 37.7. The maximum absolute atomic E-state index is 11.9. The van der Waals surface area contributed by atoms with Gasteiger partial charge in [-0.05, 0) is 141 Å². The van der Waals surface area contributed by atoms with Crippen molar-refractivity contribution in [2.45, 2.75) is 73.1 Å². The summed E-state index contributed by atoms with van der Waals surface area (Å²) in [4.78, 5) is 10.4. The van der Waals surface area contributed by atoms with Gasteiger partial charge in [0.05, 0.1) is 28.0 Å². The maximum atomic E-state index is 11.9. The zero-order chi connectivity index (χ0) is 46.7. The fourth-order valence-electron chi connectivity index (χ4n) is 8.66. The van der Waals surface area contributed by atoms with E-state index in [1.165, 1.54) is 0 Å². The second-order valence-corrected chi connectivity index (χ2v) is 18.9. The number of phenols is 1. The summed E-state index contributed by atoms with van der Waals surface area (Å²) in [5.41, 5.74) is 15.7. The number of benzene rings is 7. The number of para-hydroxylation sites is 1. The Morgan fingerprint density at radius 2 is 1.17 bits per heavy atom. The molecule has 0 unspecified atom stereocenters. The van der Waals surface area contributed by atoms with E-state index in [4.69, 9.17) is 14.1 Å². The third-order valence-corrected chi connectivity index (χ3v) is 12.2. The van der Waals surface area contributed by atoms with Crippen LogP contribution in [0.4, 0.5) is 0 Å². The molecule has 0 spiro atoms. The molecular formula is C59H55N3O. The number of hydrogen-bond acceptors (Lipinski definition) is 3.